The Hall–Kier alpha value is 0.300. The van der Waals surface area contributed by atoms with E-state index in [4.69, 9.17) is 11.6 Å². The van der Waals surface area contributed by atoms with Gasteiger partial charge in [0.15, 0.2) is 0 Å². The highest BCUT2D eigenvalue weighted by molar-refractivity contribution is 7.99. The number of halogens is 1. The Labute approximate surface area is 91.9 Å². The monoisotopic (exact) mass is 233 g/mol. The van der Waals surface area contributed by atoms with Gasteiger partial charge in [0.25, 0.3) is 0 Å². The molecule has 0 spiro atoms. The number of hydrogen-bond acceptors (Lipinski definition) is 3. The van der Waals surface area contributed by atoms with Crippen LogP contribution in [0.4, 0.5) is 0 Å². The minimum Gasteiger partial charge on any atom is -0.308 e. The molecule has 0 amide bonds. The molecule has 0 aromatic carbocycles. The molecule has 1 aliphatic rings. The number of thioether (sulfide) groups is 1. The number of thiophene rings is 1. The van der Waals surface area contributed by atoms with Crippen LogP contribution < -0.4 is 5.32 Å². The van der Waals surface area contributed by atoms with Gasteiger partial charge in [-0.3, -0.25) is 0 Å². The fourth-order valence-corrected chi connectivity index (χ4v) is 3.62. The van der Waals surface area contributed by atoms with E-state index in [0.29, 0.717) is 6.04 Å². The zero-order chi connectivity index (χ0) is 9.10. The van der Waals surface area contributed by atoms with E-state index in [9.17, 15) is 0 Å². The molecule has 1 aromatic rings. The Kier molecular flexibility index (Phi) is 3.55. The van der Waals surface area contributed by atoms with Gasteiger partial charge >= 0.3 is 0 Å². The fraction of sp³-hybridized carbons (Fsp3) is 0.556. The molecule has 1 aliphatic heterocycles. The zero-order valence-electron chi connectivity index (χ0n) is 7.25. The zero-order valence-corrected chi connectivity index (χ0v) is 9.64. The van der Waals surface area contributed by atoms with E-state index in [-0.39, 0.29) is 0 Å². The Bertz CT molecular complexity index is 268. The van der Waals surface area contributed by atoms with Crippen molar-refractivity contribution in [3.63, 3.8) is 0 Å². The lowest BCUT2D eigenvalue weighted by Crippen LogP contribution is -2.27. The number of hydrogen-bond donors (Lipinski definition) is 1. The fourth-order valence-electron chi connectivity index (χ4n) is 1.38. The van der Waals surface area contributed by atoms with Gasteiger partial charge in [0.05, 0.1) is 5.02 Å². The summed E-state index contributed by atoms with van der Waals surface area (Å²) < 4.78 is 0. The topological polar surface area (TPSA) is 12.0 Å². The summed E-state index contributed by atoms with van der Waals surface area (Å²) in [5, 5.41) is 6.48. The summed E-state index contributed by atoms with van der Waals surface area (Å²) in [6.45, 7) is 0.932. The first-order valence-electron chi connectivity index (χ1n) is 4.39. The van der Waals surface area contributed by atoms with Crippen molar-refractivity contribution >= 4 is 34.7 Å². The normalized spacial score (nSPS) is 22.4. The number of rotatable bonds is 3. The molecular weight excluding hydrogens is 222 g/mol. The van der Waals surface area contributed by atoms with Crippen LogP contribution in [-0.4, -0.2) is 17.5 Å². The highest BCUT2D eigenvalue weighted by atomic mass is 35.5. The van der Waals surface area contributed by atoms with Crippen molar-refractivity contribution in [2.45, 2.75) is 19.0 Å². The van der Waals surface area contributed by atoms with Crippen LogP contribution in [0.3, 0.4) is 0 Å². The number of nitrogens with one attached hydrogen (secondary N) is 1. The third-order valence-corrected chi connectivity index (χ3v) is 4.72. The first kappa shape index (κ1) is 9.84. The smallest absolute Gasteiger partial charge is 0.0558 e. The molecule has 0 bridgehead atoms. The maximum absolute atomic E-state index is 5.99. The standard InChI is InChI=1S/C9H12ClNS2/c10-8-2-4-13-9(8)5-11-7-1-3-12-6-7/h2,4,7,11H,1,3,5-6H2/t7-/m0/s1. The summed E-state index contributed by atoms with van der Waals surface area (Å²) in [7, 11) is 0. The molecule has 2 heterocycles. The molecule has 72 valence electrons. The summed E-state index contributed by atoms with van der Waals surface area (Å²) in [5.41, 5.74) is 0. The molecule has 0 aliphatic carbocycles. The molecule has 0 radical (unpaired) electrons. The Balaban J connectivity index is 1.82. The van der Waals surface area contributed by atoms with Crippen molar-refractivity contribution in [2.24, 2.45) is 0 Å². The molecule has 1 aromatic heterocycles. The van der Waals surface area contributed by atoms with Gasteiger partial charge in [0.2, 0.25) is 0 Å². The predicted molar refractivity (Wildman–Crippen MR) is 61.9 cm³/mol. The second-order valence-electron chi connectivity index (χ2n) is 3.13. The van der Waals surface area contributed by atoms with Gasteiger partial charge < -0.3 is 5.32 Å². The molecule has 1 saturated heterocycles. The molecule has 1 N–H and O–H groups in total. The average molecular weight is 234 g/mol. The van der Waals surface area contributed by atoms with Crippen LogP contribution in [0.25, 0.3) is 0 Å². The van der Waals surface area contributed by atoms with Crippen molar-refractivity contribution < 1.29 is 0 Å². The van der Waals surface area contributed by atoms with E-state index in [1.807, 2.05) is 23.2 Å². The van der Waals surface area contributed by atoms with E-state index < -0.39 is 0 Å². The van der Waals surface area contributed by atoms with Crippen molar-refractivity contribution in [1.29, 1.82) is 0 Å². The summed E-state index contributed by atoms with van der Waals surface area (Å²) in [6.07, 6.45) is 1.30. The Morgan fingerprint density at radius 3 is 3.15 bits per heavy atom. The Morgan fingerprint density at radius 1 is 1.62 bits per heavy atom. The highest BCUT2D eigenvalue weighted by Gasteiger charge is 2.14. The van der Waals surface area contributed by atoms with Gasteiger partial charge in [-0.05, 0) is 23.6 Å². The van der Waals surface area contributed by atoms with Crippen LogP contribution in [0.5, 0.6) is 0 Å². The van der Waals surface area contributed by atoms with Crippen LogP contribution in [0, 0.1) is 0 Å². The SMILES string of the molecule is Clc1ccsc1CN[C@H]1CCSC1. The first-order valence-corrected chi connectivity index (χ1v) is 6.80. The van der Waals surface area contributed by atoms with Crippen molar-refractivity contribution in [2.75, 3.05) is 11.5 Å². The molecule has 13 heavy (non-hydrogen) atoms. The lowest BCUT2D eigenvalue weighted by Gasteiger charge is -2.09. The second kappa shape index (κ2) is 4.69. The third kappa shape index (κ3) is 2.62. The van der Waals surface area contributed by atoms with Crippen molar-refractivity contribution in [3.05, 3.63) is 21.3 Å². The van der Waals surface area contributed by atoms with Crippen molar-refractivity contribution in [3.8, 4) is 0 Å². The quantitative estimate of drug-likeness (QED) is 0.862. The van der Waals surface area contributed by atoms with Crippen LogP contribution in [0.2, 0.25) is 5.02 Å². The Morgan fingerprint density at radius 2 is 2.54 bits per heavy atom. The molecule has 2 rings (SSSR count). The van der Waals surface area contributed by atoms with Gasteiger partial charge in [-0.2, -0.15) is 11.8 Å². The van der Waals surface area contributed by atoms with E-state index >= 15 is 0 Å². The lowest BCUT2D eigenvalue weighted by molar-refractivity contribution is 0.561. The van der Waals surface area contributed by atoms with Crippen LogP contribution in [0.15, 0.2) is 11.4 Å². The summed E-state index contributed by atoms with van der Waals surface area (Å²) in [6, 6.07) is 2.66. The molecule has 1 fully saturated rings. The lowest BCUT2D eigenvalue weighted by atomic mass is 10.2. The summed E-state index contributed by atoms with van der Waals surface area (Å²) >= 11 is 9.75. The molecule has 1 atom stereocenters. The van der Waals surface area contributed by atoms with E-state index in [1.165, 1.54) is 22.8 Å². The van der Waals surface area contributed by atoms with Gasteiger partial charge in [-0.25, -0.2) is 0 Å². The minimum absolute atomic E-state index is 0.697. The van der Waals surface area contributed by atoms with Gasteiger partial charge in [0.1, 0.15) is 0 Å². The molecule has 0 saturated carbocycles. The molecule has 0 unspecified atom stereocenters. The molecule has 1 nitrogen and oxygen atoms in total. The van der Waals surface area contributed by atoms with Crippen LogP contribution in [0.1, 0.15) is 11.3 Å². The van der Waals surface area contributed by atoms with E-state index in [0.717, 1.165) is 11.6 Å². The van der Waals surface area contributed by atoms with E-state index in [1.54, 1.807) is 11.3 Å². The van der Waals surface area contributed by atoms with Gasteiger partial charge in [-0.15, -0.1) is 11.3 Å². The minimum atomic E-state index is 0.697. The summed E-state index contributed by atoms with van der Waals surface area (Å²) in [5.74, 6) is 2.55. The average Bonchev–Trinajstić information content (AvgIpc) is 2.72. The molecular formula is C9H12ClNS2. The maximum atomic E-state index is 5.99. The van der Waals surface area contributed by atoms with Crippen LogP contribution >= 0.6 is 34.7 Å². The maximum Gasteiger partial charge on any atom is 0.0558 e. The van der Waals surface area contributed by atoms with E-state index in [2.05, 4.69) is 5.32 Å². The highest BCUT2D eigenvalue weighted by Crippen LogP contribution is 2.23. The van der Waals surface area contributed by atoms with Gasteiger partial charge in [0, 0.05) is 23.2 Å². The summed E-state index contributed by atoms with van der Waals surface area (Å²) in [4.78, 5) is 1.26. The van der Waals surface area contributed by atoms with Crippen molar-refractivity contribution in [1.82, 2.24) is 5.32 Å². The first-order chi connectivity index (χ1) is 6.36. The second-order valence-corrected chi connectivity index (χ2v) is 5.69. The van der Waals surface area contributed by atoms with Crippen LogP contribution in [-0.2, 0) is 6.54 Å². The molecule has 4 heteroatoms. The third-order valence-electron chi connectivity index (χ3n) is 2.17. The largest absolute Gasteiger partial charge is 0.308 e. The van der Waals surface area contributed by atoms with Gasteiger partial charge in [-0.1, -0.05) is 11.6 Å². The predicted octanol–water partition coefficient (Wildman–Crippen LogP) is 3.00.